The number of hydrogen-bond acceptors (Lipinski definition) is 6. The largest absolute Gasteiger partial charge is 0.481 e. The number of carboxylic acid groups (broad SMARTS) is 1. The van der Waals surface area contributed by atoms with E-state index < -0.39 is 16.9 Å². The number of esters is 1. The number of aliphatic carboxylic acids is 1. The summed E-state index contributed by atoms with van der Waals surface area (Å²) in [5, 5.41) is 15.9. The van der Waals surface area contributed by atoms with Gasteiger partial charge in [0.05, 0.1) is 30.5 Å². The molecule has 1 aliphatic rings. The van der Waals surface area contributed by atoms with E-state index in [2.05, 4.69) is 10.6 Å². The summed E-state index contributed by atoms with van der Waals surface area (Å²) in [7, 11) is 1.34. The summed E-state index contributed by atoms with van der Waals surface area (Å²) in [5.41, 5.74) is 3.14. The van der Waals surface area contributed by atoms with Gasteiger partial charge in [-0.2, -0.15) is 0 Å². The number of thioether (sulfide) groups is 1. The van der Waals surface area contributed by atoms with E-state index in [-0.39, 0.29) is 6.42 Å². The van der Waals surface area contributed by atoms with E-state index in [1.165, 1.54) is 18.9 Å². The Morgan fingerprint density at radius 3 is 2.40 bits per heavy atom. The van der Waals surface area contributed by atoms with Crippen LogP contribution in [0.2, 0.25) is 0 Å². The summed E-state index contributed by atoms with van der Waals surface area (Å²) in [6, 6.07) is 14.7. The Morgan fingerprint density at radius 2 is 1.80 bits per heavy atom. The summed E-state index contributed by atoms with van der Waals surface area (Å²) in [6.45, 7) is 0. The molecule has 0 aromatic heterocycles. The number of para-hydroxylation sites is 2. The molecule has 1 heterocycles. The van der Waals surface area contributed by atoms with Crippen molar-refractivity contribution in [3.63, 3.8) is 0 Å². The third kappa shape index (κ3) is 3.88. The fourth-order valence-corrected chi connectivity index (χ4v) is 3.89. The van der Waals surface area contributed by atoms with Crippen molar-refractivity contribution >= 4 is 35.1 Å². The molecular weight excluding hydrogens is 340 g/mol. The van der Waals surface area contributed by atoms with Gasteiger partial charge in [0.1, 0.15) is 0 Å². The van der Waals surface area contributed by atoms with E-state index in [9.17, 15) is 14.7 Å². The predicted octanol–water partition coefficient (Wildman–Crippen LogP) is 3.37. The van der Waals surface area contributed by atoms with Crippen molar-refractivity contribution in [3.8, 4) is 0 Å². The number of methoxy groups -OCH3 is 1. The number of fused-ring (bicyclic) bond motifs is 1. The second-order valence-corrected chi connectivity index (χ2v) is 6.95. The van der Waals surface area contributed by atoms with Crippen LogP contribution < -0.4 is 10.6 Å². The number of carbonyl (C=O) groups excluding carboxylic acids is 1. The molecule has 6 nitrogen and oxygen atoms in total. The Kier molecular flexibility index (Phi) is 4.85. The molecule has 0 spiro atoms. The van der Waals surface area contributed by atoms with E-state index >= 15 is 0 Å². The lowest BCUT2D eigenvalue weighted by Gasteiger charge is -2.28. The first-order chi connectivity index (χ1) is 12.0. The van der Waals surface area contributed by atoms with Crippen molar-refractivity contribution in [2.24, 2.45) is 0 Å². The van der Waals surface area contributed by atoms with Crippen LogP contribution in [-0.2, 0) is 15.3 Å². The number of hydrogen-bond donors (Lipinski definition) is 3. The first-order valence-corrected chi connectivity index (χ1v) is 8.68. The zero-order valence-electron chi connectivity index (χ0n) is 13.6. The normalized spacial score (nSPS) is 14.1. The minimum absolute atomic E-state index is 0.0942. The maximum absolute atomic E-state index is 11.7. The molecule has 0 aliphatic carbocycles. The van der Waals surface area contributed by atoms with Crippen molar-refractivity contribution in [3.05, 3.63) is 59.7 Å². The summed E-state index contributed by atoms with van der Waals surface area (Å²) in [4.78, 5) is 22.2. The molecule has 0 amide bonds. The molecule has 2 aromatic carbocycles. The van der Waals surface area contributed by atoms with E-state index in [4.69, 9.17) is 4.74 Å². The average molecular weight is 358 g/mol. The van der Waals surface area contributed by atoms with Crippen molar-refractivity contribution in [2.45, 2.75) is 17.2 Å². The molecule has 25 heavy (non-hydrogen) atoms. The molecule has 0 saturated heterocycles. The number of anilines is 2. The number of carbonyl (C=O) groups is 2. The lowest BCUT2D eigenvalue weighted by atomic mass is 10.1. The molecular formula is C18H18N2O4S. The highest BCUT2D eigenvalue weighted by Crippen LogP contribution is 2.42. The Balaban J connectivity index is 1.77. The number of ether oxygens (including phenoxy) is 1. The molecule has 1 aliphatic heterocycles. The Hall–Kier alpha value is -2.67. The van der Waals surface area contributed by atoms with Crippen LogP contribution in [0.1, 0.15) is 22.3 Å². The highest BCUT2D eigenvalue weighted by atomic mass is 32.2. The van der Waals surface area contributed by atoms with Gasteiger partial charge in [0, 0.05) is 5.75 Å². The monoisotopic (exact) mass is 358 g/mol. The maximum atomic E-state index is 11.7. The van der Waals surface area contributed by atoms with Crippen LogP contribution in [-0.4, -0.2) is 29.1 Å². The first kappa shape index (κ1) is 17.2. The minimum Gasteiger partial charge on any atom is -0.481 e. The van der Waals surface area contributed by atoms with E-state index in [0.717, 1.165) is 16.9 Å². The Bertz CT molecular complexity index is 784. The van der Waals surface area contributed by atoms with Gasteiger partial charge in [0.2, 0.25) is 0 Å². The average Bonchev–Trinajstić information content (AvgIpc) is 2.97. The summed E-state index contributed by atoms with van der Waals surface area (Å²) in [6.07, 6.45) is -0.0942. The third-order valence-electron chi connectivity index (χ3n) is 3.83. The Labute approximate surface area is 149 Å². The fourth-order valence-electron chi connectivity index (χ4n) is 2.70. The van der Waals surface area contributed by atoms with Crippen molar-refractivity contribution in [1.29, 1.82) is 0 Å². The molecule has 7 heteroatoms. The molecule has 130 valence electrons. The molecule has 0 radical (unpaired) electrons. The van der Waals surface area contributed by atoms with Gasteiger partial charge in [0.15, 0.2) is 4.99 Å². The van der Waals surface area contributed by atoms with E-state index in [1.807, 2.05) is 30.3 Å². The fraction of sp³-hybridized carbons (Fsp3) is 0.222. The van der Waals surface area contributed by atoms with Gasteiger partial charge in [-0.25, -0.2) is 4.79 Å². The van der Waals surface area contributed by atoms with Crippen LogP contribution >= 0.6 is 11.8 Å². The molecule has 3 rings (SSSR count). The van der Waals surface area contributed by atoms with Crippen LogP contribution in [0.5, 0.6) is 0 Å². The smallest absolute Gasteiger partial charge is 0.337 e. The second kappa shape index (κ2) is 7.06. The highest BCUT2D eigenvalue weighted by Gasteiger charge is 2.38. The lowest BCUT2D eigenvalue weighted by Crippen LogP contribution is -2.40. The van der Waals surface area contributed by atoms with Crippen LogP contribution in [0.4, 0.5) is 11.4 Å². The standard InChI is InChI=1S/C18H18N2O4S/c1-24-17(23)13-6-4-5-12(9-13)11-25-18(10-16(21)22)19-14-7-2-3-8-15(14)20-18/h2-9,19-20H,10-11H2,1H3,(H,21,22). The number of rotatable bonds is 6. The van der Waals surface area contributed by atoms with Gasteiger partial charge in [-0.3, -0.25) is 4.79 Å². The summed E-state index contributed by atoms with van der Waals surface area (Å²) < 4.78 is 4.74. The molecule has 0 atom stereocenters. The van der Waals surface area contributed by atoms with Gasteiger partial charge in [-0.05, 0) is 29.8 Å². The molecule has 3 N–H and O–H groups in total. The summed E-state index contributed by atoms with van der Waals surface area (Å²) in [5.74, 6) is -0.758. The number of carboxylic acids is 1. The first-order valence-electron chi connectivity index (χ1n) is 7.70. The summed E-state index contributed by atoms with van der Waals surface area (Å²) >= 11 is 1.44. The SMILES string of the molecule is COC(=O)c1cccc(CSC2(CC(=O)O)Nc3ccccc3N2)c1. The van der Waals surface area contributed by atoms with Crippen molar-refractivity contribution in [2.75, 3.05) is 17.7 Å². The molecule has 0 bridgehead atoms. The number of benzene rings is 2. The zero-order chi connectivity index (χ0) is 17.9. The van der Waals surface area contributed by atoms with Gasteiger partial charge in [-0.1, -0.05) is 24.3 Å². The van der Waals surface area contributed by atoms with Crippen LogP contribution in [0, 0.1) is 0 Å². The van der Waals surface area contributed by atoms with Crippen LogP contribution in [0.25, 0.3) is 0 Å². The molecule has 2 aromatic rings. The van der Waals surface area contributed by atoms with Gasteiger partial charge in [-0.15, -0.1) is 11.8 Å². The minimum atomic E-state index is -0.899. The van der Waals surface area contributed by atoms with E-state index in [1.54, 1.807) is 18.2 Å². The predicted molar refractivity (Wildman–Crippen MR) is 97.7 cm³/mol. The van der Waals surface area contributed by atoms with E-state index in [0.29, 0.717) is 11.3 Å². The van der Waals surface area contributed by atoms with Gasteiger partial charge < -0.3 is 20.5 Å². The van der Waals surface area contributed by atoms with Gasteiger partial charge >= 0.3 is 11.9 Å². The van der Waals surface area contributed by atoms with Crippen molar-refractivity contribution in [1.82, 2.24) is 0 Å². The topological polar surface area (TPSA) is 87.7 Å². The van der Waals surface area contributed by atoms with Gasteiger partial charge in [0.25, 0.3) is 0 Å². The molecule has 0 unspecified atom stereocenters. The quantitative estimate of drug-likeness (QED) is 0.682. The zero-order valence-corrected chi connectivity index (χ0v) is 14.4. The lowest BCUT2D eigenvalue weighted by molar-refractivity contribution is -0.137. The third-order valence-corrected chi connectivity index (χ3v) is 5.15. The number of nitrogens with one attached hydrogen (secondary N) is 2. The maximum Gasteiger partial charge on any atom is 0.337 e. The second-order valence-electron chi connectivity index (χ2n) is 5.67. The molecule has 0 fully saturated rings. The molecule has 0 saturated carbocycles. The Morgan fingerprint density at radius 1 is 1.12 bits per heavy atom. The van der Waals surface area contributed by atoms with Crippen LogP contribution in [0.3, 0.4) is 0 Å². The highest BCUT2D eigenvalue weighted by molar-refractivity contribution is 8.00. The van der Waals surface area contributed by atoms with Crippen molar-refractivity contribution < 1.29 is 19.4 Å². The van der Waals surface area contributed by atoms with Crippen LogP contribution in [0.15, 0.2) is 48.5 Å².